The fraction of sp³-hybridized carbons (Fsp3) is 0.917. The minimum absolute atomic E-state index is 0.182. The van der Waals surface area contributed by atoms with Crippen LogP contribution in [-0.2, 0) is 0 Å². The van der Waals surface area contributed by atoms with E-state index in [-0.39, 0.29) is 5.54 Å². The largest absolute Gasteiger partial charge is 0.315 e. The molecule has 90 valence electrons. The Morgan fingerprint density at radius 2 is 1.88 bits per heavy atom. The predicted octanol–water partition coefficient (Wildman–Crippen LogP) is 0.270. The maximum atomic E-state index is 9.54. The van der Waals surface area contributed by atoms with Crippen LogP contribution >= 0.6 is 0 Å². The van der Waals surface area contributed by atoms with Gasteiger partial charge in [-0.2, -0.15) is 5.26 Å². The molecule has 2 saturated heterocycles. The van der Waals surface area contributed by atoms with E-state index in [1.54, 1.807) is 0 Å². The molecule has 0 aromatic rings. The molecule has 0 aromatic heterocycles. The fourth-order valence-corrected chi connectivity index (χ4v) is 2.76. The minimum atomic E-state index is -0.182. The van der Waals surface area contributed by atoms with E-state index < -0.39 is 0 Å². The normalized spacial score (nSPS) is 28.2. The Morgan fingerprint density at radius 3 is 2.56 bits per heavy atom. The highest BCUT2D eigenvalue weighted by molar-refractivity contribution is 5.11. The second kappa shape index (κ2) is 5.13. The van der Waals surface area contributed by atoms with Crippen molar-refractivity contribution >= 4 is 0 Å². The first-order chi connectivity index (χ1) is 7.77. The van der Waals surface area contributed by atoms with E-state index in [1.165, 1.54) is 6.42 Å². The highest BCUT2D eigenvalue weighted by Gasteiger charge is 2.39. The standard InChI is InChI=1S/C12H22N4/c1-15-8-3-12(11-13,4-9-15)16-7-2-5-14-6-10-16/h14H,2-10H2,1H3. The number of nitrogens with zero attached hydrogens (tertiary/aromatic N) is 3. The molecule has 0 spiro atoms. The fourth-order valence-electron chi connectivity index (χ4n) is 2.76. The Kier molecular flexibility index (Phi) is 3.80. The number of piperidine rings is 1. The Morgan fingerprint density at radius 1 is 1.12 bits per heavy atom. The molecule has 0 atom stereocenters. The molecule has 0 bridgehead atoms. The zero-order valence-electron chi connectivity index (χ0n) is 10.2. The van der Waals surface area contributed by atoms with Crippen molar-refractivity contribution in [3.63, 3.8) is 0 Å². The van der Waals surface area contributed by atoms with Gasteiger partial charge in [-0.3, -0.25) is 4.90 Å². The van der Waals surface area contributed by atoms with Crippen molar-refractivity contribution in [3.05, 3.63) is 0 Å². The average Bonchev–Trinajstić information content (AvgIpc) is 2.60. The first-order valence-electron chi connectivity index (χ1n) is 6.32. The van der Waals surface area contributed by atoms with Gasteiger partial charge in [0.1, 0.15) is 5.54 Å². The van der Waals surface area contributed by atoms with Crippen LogP contribution in [0.2, 0.25) is 0 Å². The van der Waals surface area contributed by atoms with Gasteiger partial charge >= 0.3 is 0 Å². The summed E-state index contributed by atoms with van der Waals surface area (Å²) in [7, 11) is 2.14. The van der Waals surface area contributed by atoms with Gasteiger partial charge in [0.25, 0.3) is 0 Å². The average molecular weight is 222 g/mol. The lowest BCUT2D eigenvalue weighted by Crippen LogP contribution is -2.54. The first-order valence-corrected chi connectivity index (χ1v) is 6.32. The Hall–Kier alpha value is -0.630. The Bertz CT molecular complexity index is 255. The SMILES string of the molecule is CN1CCC(C#N)(N2CCCNCC2)CC1. The third kappa shape index (κ3) is 2.37. The molecule has 4 nitrogen and oxygen atoms in total. The lowest BCUT2D eigenvalue weighted by atomic mass is 9.87. The van der Waals surface area contributed by atoms with E-state index in [9.17, 15) is 5.26 Å². The lowest BCUT2D eigenvalue weighted by Gasteiger charge is -2.43. The second-order valence-electron chi connectivity index (χ2n) is 5.04. The molecule has 2 aliphatic heterocycles. The van der Waals surface area contributed by atoms with Crippen molar-refractivity contribution in [1.29, 1.82) is 5.26 Å². The van der Waals surface area contributed by atoms with Gasteiger partial charge in [0, 0.05) is 32.7 Å². The number of hydrogen-bond donors (Lipinski definition) is 1. The zero-order valence-corrected chi connectivity index (χ0v) is 10.2. The lowest BCUT2D eigenvalue weighted by molar-refractivity contribution is 0.0751. The third-order valence-corrected chi connectivity index (χ3v) is 3.97. The molecular weight excluding hydrogens is 200 g/mol. The summed E-state index contributed by atoms with van der Waals surface area (Å²) in [6.45, 7) is 6.33. The van der Waals surface area contributed by atoms with E-state index in [2.05, 4.69) is 28.2 Å². The quantitative estimate of drug-likeness (QED) is 0.691. The van der Waals surface area contributed by atoms with Gasteiger partial charge in [-0.1, -0.05) is 0 Å². The number of nitrogens with one attached hydrogen (secondary N) is 1. The third-order valence-electron chi connectivity index (χ3n) is 3.97. The molecule has 0 amide bonds. The summed E-state index contributed by atoms with van der Waals surface area (Å²) in [6.07, 6.45) is 3.17. The van der Waals surface area contributed by atoms with E-state index in [0.29, 0.717) is 0 Å². The summed E-state index contributed by atoms with van der Waals surface area (Å²) in [5, 5.41) is 12.9. The zero-order chi connectivity index (χ0) is 11.4. The van der Waals surface area contributed by atoms with Crippen molar-refractivity contribution in [2.24, 2.45) is 0 Å². The maximum absolute atomic E-state index is 9.54. The Balaban J connectivity index is 2.05. The summed E-state index contributed by atoms with van der Waals surface area (Å²) in [4.78, 5) is 4.74. The van der Waals surface area contributed by atoms with Gasteiger partial charge in [-0.25, -0.2) is 0 Å². The molecule has 0 unspecified atom stereocenters. The summed E-state index contributed by atoms with van der Waals surface area (Å²) in [5.41, 5.74) is -0.182. The monoisotopic (exact) mass is 222 g/mol. The summed E-state index contributed by atoms with van der Waals surface area (Å²) < 4.78 is 0. The van der Waals surface area contributed by atoms with Gasteiger partial charge in [-0.15, -0.1) is 0 Å². The Labute approximate surface area is 98.2 Å². The topological polar surface area (TPSA) is 42.3 Å². The molecule has 16 heavy (non-hydrogen) atoms. The maximum Gasteiger partial charge on any atom is 0.111 e. The highest BCUT2D eigenvalue weighted by atomic mass is 15.2. The van der Waals surface area contributed by atoms with Crippen LogP contribution in [0.1, 0.15) is 19.3 Å². The summed E-state index contributed by atoms with van der Waals surface area (Å²) in [6, 6.07) is 2.61. The molecule has 1 N–H and O–H groups in total. The molecule has 4 heteroatoms. The summed E-state index contributed by atoms with van der Waals surface area (Å²) in [5.74, 6) is 0. The second-order valence-corrected chi connectivity index (χ2v) is 5.04. The van der Waals surface area contributed by atoms with Gasteiger partial charge in [0.15, 0.2) is 0 Å². The molecule has 0 saturated carbocycles. The van der Waals surface area contributed by atoms with Crippen molar-refractivity contribution in [3.8, 4) is 6.07 Å². The van der Waals surface area contributed by atoms with Gasteiger partial charge in [0.2, 0.25) is 0 Å². The first kappa shape index (κ1) is 11.8. The van der Waals surface area contributed by atoms with Crippen LogP contribution in [0, 0.1) is 11.3 Å². The van der Waals surface area contributed by atoms with Gasteiger partial charge in [0.05, 0.1) is 6.07 Å². The minimum Gasteiger partial charge on any atom is -0.315 e. The number of hydrogen-bond acceptors (Lipinski definition) is 4. The van der Waals surface area contributed by atoms with Crippen LogP contribution in [0.25, 0.3) is 0 Å². The molecule has 2 aliphatic rings. The highest BCUT2D eigenvalue weighted by Crippen LogP contribution is 2.28. The molecular formula is C12H22N4. The summed E-state index contributed by atoms with van der Waals surface area (Å²) >= 11 is 0. The molecule has 0 radical (unpaired) electrons. The van der Waals surface area contributed by atoms with Crippen LogP contribution in [0.3, 0.4) is 0 Å². The number of rotatable bonds is 1. The smallest absolute Gasteiger partial charge is 0.111 e. The van der Waals surface area contributed by atoms with Crippen molar-refractivity contribution < 1.29 is 0 Å². The van der Waals surface area contributed by atoms with E-state index in [0.717, 1.165) is 52.1 Å². The number of likely N-dealkylation sites (tertiary alicyclic amines) is 1. The number of nitriles is 1. The van der Waals surface area contributed by atoms with Gasteiger partial charge < -0.3 is 10.2 Å². The van der Waals surface area contributed by atoms with Crippen LogP contribution in [-0.4, -0.2) is 61.7 Å². The van der Waals surface area contributed by atoms with E-state index in [1.807, 2.05) is 0 Å². The van der Waals surface area contributed by atoms with Crippen LogP contribution in [0.15, 0.2) is 0 Å². The van der Waals surface area contributed by atoms with E-state index in [4.69, 9.17) is 0 Å². The molecule has 0 aromatic carbocycles. The van der Waals surface area contributed by atoms with Gasteiger partial charge in [-0.05, 0) is 32.9 Å². The molecule has 2 rings (SSSR count). The predicted molar refractivity (Wildman–Crippen MR) is 64.1 cm³/mol. The van der Waals surface area contributed by atoms with Crippen LogP contribution < -0.4 is 5.32 Å². The molecule has 2 heterocycles. The molecule has 0 aliphatic carbocycles. The van der Waals surface area contributed by atoms with E-state index >= 15 is 0 Å². The molecule has 2 fully saturated rings. The van der Waals surface area contributed by atoms with Crippen LogP contribution in [0.4, 0.5) is 0 Å². The van der Waals surface area contributed by atoms with Crippen LogP contribution in [0.5, 0.6) is 0 Å². The van der Waals surface area contributed by atoms with Crippen molar-refractivity contribution in [1.82, 2.24) is 15.1 Å². The van der Waals surface area contributed by atoms with Crippen molar-refractivity contribution in [2.45, 2.75) is 24.8 Å². The van der Waals surface area contributed by atoms with Crippen molar-refractivity contribution in [2.75, 3.05) is 46.3 Å².